The molecule has 7 nitrogen and oxygen atoms in total. The van der Waals surface area contributed by atoms with Crippen LogP contribution in [0.2, 0.25) is 0 Å². The highest BCUT2D eigenvalue weighted by atomic mass is 79.9. The molecule has 32 heavy (non-hydrogen) atoms. The second-order valence-electron chi connectivity index (χ2n) is 7.07. The van der Waals surface area contributed by atoms with Gasteiger partial charge in [0.1, 0.15) is 23.5 Å². The van der Waals surface area contributed by atoms with Gasteiger partial charge in [-0.3, -0.25) is 4.72 Å². The number of hydrogen-bond acceptors (Lipinski definition) is 6. The summed E-state index contributed by atoms with van der Waals surface area (Å²) in [7, 11) is -2.35. The quantitative estimate of drug-likeness (QED) is 0.265. The van der Waals surface area contributed by atoms with Gasteiger partial charge in [0.2, 0.25) is 0 Å². The molecule has 0 saturated carbocycles. The number of sulfonamides is 1. The summed E-state index contributed by atoms with van der Waals surface area (Å²) in [5.41, 5.74) is 1.08. The lowest BCUT2D eigenvalue weighted by Gasteiger charge is -2.12. The zero-order valence-electron chi connectivity index (χ0n) is 17.3. The zero-order chi connectivity index (χ0) is 22.9. The number of anilines is 1. The third-order valence-corrected chi connectivity index (χ3v) is 6.87. The molecule has 0 unspecified atom stereocenters. The number of benzene rings is 3. The van der Waals surface area contributed by atoms with Crippen LogP contribution in [-0.2, 0) is 19.5 Å². The van der Waals surface area contributed by atoms with Gasteiger partial charge in [0, 0.05) is 27.7 Å². The first kappa shape index (κ1) is 22.3. The second kappa shape index (κ2) is 8.93. The summed E-state index contributed by atoms with van der Waals surface area (Å²) in [4.78, 5) is 12.8. The molecule has 9 heteroatoms. The molecule has 0 saturated heterocycles. The average Bonchev–Trinajstić information content (AvgIpc) is 3.10. The van der Waals surface area contributed by atoms with Crippen LogP contribution in [0.4, 0.5) is 5.69 Å². The van der Waals surface area contributed by atoms with Crippen LogP contribution < -0.4 is 4.72 Å². The van der Waals surface area contributed by atoms with Crippen LogP contribution in [0.1, 0.15) is 16.1 Å². The Morgan fingerprint density at radius 2 is 1.72 bits per heavy atom. The lowest BCUT2D eigenvalue weighted by molar-refractivity contribution is 0.0388. The average molecular weight is 518 g/mol. The summed E-state index contributed by atoms with van der Waals surface area (Å²) in [5, 5.41) is 1.79. The van der Waals surface area contributed by atoms with E-state index in [-0.39, 0.29) is 23.7 Å². The number of hydrogen-bond donors (Lipinski definition) is 1. The predicted octanol–water partition coefficient (Wildman–Crippen LogP) is 5.26. The molecule has 0 amide bonds. The van der Waals surface area contributed by atoms with Crippen molar-refractivity contribution in [2.45, 2.75) is 11.8 Å². The zero-order valence-corrected chi connectivity index (χ0v) is 19.7. The number of carbonyl (C=O) groups excluding carboxylic acids is 1. The third-order valence-electron chi connectivity index (χ3n) is 4.96. The molecule has 0 aliphatic heterocycles. The van der Waals surface area contributed by atoms with Gasteiger partial charge in [0.15, 0.2) is 0 Å². The number of rotatable bonds is 7. The molecule has 4 aromatic rings. The van der Waals surface area contributed by atoms with E-state index >= 15 is 0 Å². The summed E-state index contributed by atoms with van der Waals surface area (Å²) >= 11 is 3.31. The minimum atomic E-state index is -3.87. The van der Waals surface area contributed by atoms with Crippen molar-refractivity contribution in [3.8, 4) is 0 Å². The third kappa shape index (κ3) is 4.23. The van der Waals surface area contributed by atoms with Gasteiger partial charge >= 0.3 is 5.97 Å². The first-order chi connectivity index (χ1) is 15.3. The largest absolute Gasteiger partial charge is 0.460 e. The van der Waals surface area contributed by atoms with Crippen molar-refractivity contribution < 1.29 is 27.1 Å². The smallest absolute Gasteiger partial charge is 0.342 e. The Labute approximate surface area is 193 Å². The highest BCUT2D eigenvalue weighted by Crippen LogP contribution is 2.37. The monoisotopic (exact) mass is 517 g/mol. The molecule has 1 N–H and O–H groups in total. The molecule has 0 atom stereocenters. The minimum absolute atomic E-state index is 0.0953. The van der Waals surface area contributed by atoms with Gasteiger partial charge in [-0.25, -0.2) is 13.2 Å². The number of nitrogens with one attached hydrogen (secondary N) is 1. The summed E-state index contributed by atoms with van der Waals surface area (Å²) in [6.07, 6.45) is 0. The lowest BCUT2D eigenvalue weighted by Crippen LogP contribution is -2.13. The molecular weight excluding hydrogens is 498 g/mol. The van der Waals surface area contributed by atoms with E-state index in [2.05, 4.69) is 20.7 Å². The number of carbonyl (C=O) groups is 1. The van der Waals surface area contributed by atoms with Crippen molar-refractivity contribution in [2.75, 3.05) is 25.0 Å². The van der Waals surface area contributed by atoms with Gasteiger partial charge in [-0.05, 0) is 37.3 Å². The molecule has 0 aliphatic rings. The maximum absolute atomic E-state index is 13.0. The van der Waals surface area contributed by atoms with Crippen molar-refractivity contribution in [2.24, 2.45) is 0 Å². The van der Waals surface area contributed by atoms with Crippen molar-refractivity contribution in [3.63, 3.8) is 0 Å². The van der Waals surface area contributed by atoms with E-state index in [1.54, 1.807) is 37.3 Å². The second-order valence-corrected chi connectivity index (χ2v) is 9.67. The highest BCUT2D eigenvalue weighted by molar-refractivity contribution is 9.10. The molecule has 0 radical (unpaired) electrons. The van der Waals surface area contributed by atoms with E-state index in [1.807, 2.05) is 12.1 Å². The Morgan fingerprint density at radius 3 is 2.41 bits per heavy atom. The van der Waals surface area contributed by atoms with Crippen LogP contribution in [0, 0.1) is 6.92 Å². The molecule has 0 bridgehead atoms. The van der Waals surface area contributed by atoms with Crippen molar-refractivity contribution >= 4 is 59.4 Å². The summed E-state index contributed by atoms with van der Waals surface area (Å²) in [6.45, 7) is 2.03. The Kier molecular flexibility index (Phi) is 6.23. The molecule has 0 fully saturated rings. The van der Waals surface area contributed by atoms with Crippen LogP contribution in [0.25, 0.3) is 21.7 Å². The fourth-order valence-corrected chi connectivity index (χ4v) is 4.82. The molecule has 4 rings (SSSR count). The summed E-state index contributed by atoms with van der Waals surface area (Å²) < 4.78 is 45.6. The number of furan rings is 1. The van der Waals surface area contributed by atoms with Crippen molar-refractivity contribution in [1.29, 1.82) is 0 Å². The summed E-state index contributed by atoms with van der Waals surface area (Å²) in [6, 6.07) is 15.2. The lowest BCUT2D eigenvalue weighted by atomic mass is 10.0. The molecule has 1 heterocycles. The van der Waals surface area contributed by atoms with E-state index in [4.69, 9.17) is 13.9 Å². The van der Waals surface area contributed by atoms with E-state index in [9.17, 15) is 13.2 Å². The van der Waals surface area contributed by atoms with Gasteiger partial charge in [-0.2, -0.15) is 0 Å². The van der Waals surface area contributed by atoms with Crippen LogP contribution >= 0.6 is 15.9 Å². The maximum atomic E-state index is 13.0. The van der Waals surface area contributed by atoms with E-state index in [0.29, 0.717) is 33.2 Å². The maximum Gasteiger partial charge on any atom is 0.342 e. The SMILES string of the molecule is COCCOC(=O)c1c(C)oc2c1cc(NS(=O)(=O)c1ccc(Br)cc1)c1ccccc12. The van der Waals surface area contributed by atoms with E-state index in [1.165, 1.54) is 19.2 Å². The molecule has 1 aromatic heterocycles. The van der Waals surface area contributed by atoms with Crippen LogP contribution in [-0.4, -0.2) is 34.7 Å². The Hall–Kier alpha value is -2.88. The van der Waals surface area contributed by atoms with Crippen molar-refractivity contribution in [1.82, 2.24) is 0 Å². The van der Waals surface area contributed by atoms with Gasteiger partial charge in [0.25, 0.3) is 10.0 Å². The summed E-state index contributed by atoms with van der Waals surface area (Å²) in [5.74, 6) is -0.171. The Morgan fingerprint density at radius 1 is 1.03 bits per heavy atom. The van der Waals surface area contributed by atoms with Gasteiger partial charge in [-0.15, -0.1) is 0 Å². The fraction of sp³-hybridized carbons (Fsp3) is 0.174. The van der Waals surface area contributed by atoms with Gasteiger partial charge < -0.3 is 13.9 Å². The standard InChI is InChI=1S/C23H20BrNO6S/c1-14-21(23(26)30-12-11-29-2)19-13-20(17-5-3-4-6-18(17)22(19)31-14)25-32(27,28)16-9-7-15(24)8-10-16/h3-10,13,25H,11-12H2,1-2H3. The van der Waals surface area contributed by atoms with E-state index < -0.39 is 16.0 Å². The first-order valence-corrected chi connectivity index (χ1v) is 12.0. The molecular formula is C23H20BrNO6S. The van der Waals surface area contributed by atoms with Crippen LogP contribution in [0.3, 0.4) is 0 Å². The molecule has 0 aliphatic carbocycles. The van der Waals surface area contributed by atoms with Gasteiger partial charge in [-0.1, -0.05) is 40.2 Å². The Bertz CT molecular complexity index is 1410. The molecule has 0 spiro atoms. The van der Waals surface area contributed by atoms with E-state index in [0.717, 1.165) is 4.47 Å². The number of methoxy groups -OCH3 is 1. The number of halogens is 1. The molecule has 3 aromatic carbocycles. The number of esters is 1. The van der Waals surface area contributed by atoms with Crippen molar-refractivity contribution in [3.05, 3.63) is 70.4 Å². The highest BCUT2D eigenvalue weighted by Gasteiger charge is 2.24. The fourth-order valence-electron chi connectivity index (χ4n) is 3.48. The number of ether oxygens (including phenoxy) is 2. The van der Waals surface area contributed by atoms with Gasteiger partial charge in [0.05, 0.1) is 17.2 Å². The van der Waals surface area contributed by atoms with Crippen LogP contribution in [0.15, 0.2) is 68.4 Å². The topological polar surface area (TPSA) is 94.8 Å². The normalized spacial score (nSPS) is 11.7. The molecule has 166 valence electrons. The number of aryl methyl sites for hydroxylation is 1. The number of fused-ring (bicyclic) bond motifs is 3. The minimum Gasteiger partial charge on any atom is -0.460 e. The Balaban J connectivity index is 1.85. The van der Waals surface area contributed by atoms with Crippen LogP contribution in [0.5, 0.6) is 0 Å². The predicted molar refractivity (Wildman–Crippen MR) is 126 cm³/mol. The first-order valence-electron chi connectivity index (χ1n) is 9.71.